The molecule has 3 unspecified atom stereocenters. The summed E-state index contributed by atoms with van der Waals surface area (Å²) in [4.78, 5) is 0. The molecule has 0 aromatic rings. The summed E-state index contributed by atoms with van der Waals surface area (Å²) in [5.41, 5.74) is 6.60. The Morgan fingerprint density at radius 2 is 1.83 bits per heavy atom. The first kappa shape index (κ1) is 12.9. The Hall–Kier alpha value is -0.120. The van der Waals surface area contributed by atoms with Crippen LogP contribution in [0.2, 0.25) is 0 Å². The van der Waals surface area contributed by atoms with Gasteiger partial charge in [-0.25, -0.2) is 0 Å². The van der Waals surface area contributed by atoms with Gasteiger partial charge >= 0.3 is 0 Å². The van der Waals surface area contributed by atoms with Gasteiger partial charge in [-0.1, -0.05) is 19.3 Å². The largest absolute Gasteiger partial charge is 0.378 e. The molecular weight excluding hydrogens is 226 g/mol. The molecule has 2 saturated heterocycles. The third-order valence-corrected chi connectivity index (χ3v) is 5.34. The van der Waals surface area contributed by atoms with Crippen LogP contribution in [0.4, 0.5) is 0 Å². The molecule has 1 saturated carbocycles. The second-order valence-corrected chi connectivity index (χ2v) is 6.56. The highest BCUT2D eigenvalue weighted by Gasteiger charge is 2.43. The van der Waals surface area contributed by atoms with Crippen LogP contribution in [-0.2, 0) is 9.47 Å². The van der Waals surface area contributed by atoms with Crippen LogP contribution in [0.1, 0.15) is 51.4 Å². The van der Waals surface area contributed by atoms with Crippen LogP contribution in [0.25, 0.3) is 0 Å². The van der Waals surface area contributed by atoms with Gasteiger partial charge in [0.05, 0.1) is 12.2 Å². The van der Waals surface area contributed by atoms with Gasteiger partial charge in [0.2, 0.25) is 0 Å². The molecule has 104 valence electrons. The predicted molar refractivity (Wildman–Crippen MR) is 71.4 cm³/mol. The van der Waals surface area contributed by atoms with Gasteiger partial charge in [-0.3, -0.25) is 0 Å². The van der Waals surface area contributed by atoms with Crippen molar-refractivity contribution in [1.82, 2.24) is 0 Å². The summed E-state index contributed by atoms with van der Waals surface area (Å²) in [5, 5.41) is 0. The van der Waals surface area contributed by atoms with Crippen LogP contribution < -0.4 is 5.73 Å². The zero-order valence-corrected chi connectivity index (χ0v) is 11.4. The Kier molecular flexibility index (Phi) is 3.92. The summed E-state index contributed by atoms with van der Waals surface area (Å²) < 4.78 is 11.6. The minimum absolute atomic E-state index is 0.0230. The van der Waals surface area contributed by atoms with Crippen LogP contribution in [0, 0.1) is 11.8 Å². The van der Waals surface area contributed by atoms with E-state index in [4.69, 9.17) is 15.2 Å². The van der Waals surface area contributed by atoms with Gasteiger partial charge in [0, 0.05) is 25.7 Å². The fraction of sp³-hybridized carbons (Fsp3) is 1.00. The van der Waals surface area contributed by atoms with Gasteiger partial charge in [0.25, 0.3) is 0 Å². The lowest BCUT2D eigenvalue weighted by Gasteiger charge is -2.42. The van der Waals surface area contributed by atoms with E-state index in [9.17, 15) is 0 Å². The lowest BCUT2D eigenvalue weighted by molar-refractivity contribution is -0.104. The third kappa shape index (κ3) is 2.59. The van der Waals surface area contributed by atoms with E-state index in [0.29, 0.717) is 12.0 Å². The van der Waals surface area contributed by atoms with E-state index in [1.807, 2.05) is 0 Å². The van der Waals surface area contributed by atoms with Crippen molar-refractivity contribution in [2.45, 2.75) is 63.0 Å². The minimum atomic E-state index is 0.0230. The van der Waals surface area contributed by atoms with Crippen molar-refractivity contribution in [2.75, 3.05) is 19.8 Å². The fourth-order valence-electron chi connectivity index (χ4n) is 4.16. The van der Waals surface area contributed by atoms with Gasteiger partial charge in [-0.2, -0.15) is 0 Å². The van der Waals surface area contributed by atoms with Crippen molar-refractivity contribution in [1.29, 1.82) is 0 Å². The molecule has 0 radical (unpaired) electrons. The predicted octanol–water partition coefficient (Wildman–Crippen LogP) is 2.48. The quantitative estimate of drug-likeness (QED) is 0.822. The molecule has 18 heavy (non-hydrogen) atoms. The Morgan fingerprint density at radius 3 is 2.56 bits per heavy atom. The van der Waals surface area contributed by atoms with E-state index in [-0.39, 0.29) is 5.60 Å². The number of hydrogen-bond acceptors (Lipinski definition) is 3. The van der Waals surface area contributed by atoms with Crippen LogP contribution in [0.3, 0.4) is 0 Å². The number of hydrogen-bond donors (Lipinski definition) is 1. The number of nitrogens with two attached hydrogens (primary N) is 1. The van der Waals surface area contributed by atoms with Crippen LogP contribution in [-0.4, -0.2) is 31.5 Å². The molecule has 3 fully saturated rings. The summed E-state index contributed by atoms with van der Waals surface area (Å²) in [6, 6.07) is 0.395. The van der Waals surface area contributed by atoms with Crippen molar-refractivity contribution in [3.8, 4) is 0 Å². The van der Waals surface area contributed by atoms with E-state index in [1.54, 1.807) is 0 Å². The molecule has 3 nitrogen and oxygen atoms in total. The zero-order valence-electron chi connectivity index (χ0n) is 11.4. The fourth-order valence-corrected chi connectivity index (χ4v) is 4.16. The van der Waals surface area contributed by atoms with E-state index < -0.39 is 0 Å². The average molecular weight is 253 g/mol. The lowest BCUT2D eigenvalue weighted by atomic mass is 9.73. The molecular formula is C15H27NO2. The van der Waals surface area contributed by atoms with Gasteiger partial charge < -0.3 is 15.2 Å². The average Bonchev–Trinajstić information content (AvgIpc) is 2.87. The normalized spacial score (nSPS) is 40.2. The first-order chi connectivity index (χ1) is 8.79. The summed E-state index contributed by atoms with van der Waals surface area (Å²) in [6.45, 7) is 2.54. The Morgan fingerprint density at radius 1 is 1.00 bits per heavy atom. The van der Waals surface area contributed by atoms with Crippen molar-refractivity contribution in [3.05, 3.63) is 0 Å². The Labute approximate surface area is 110 Å². The molecule has 3 rings (SSSR count). The third-order valence-electron chi connectivity index (χ3n) is 5.34. The molecule has 2 heterocycles. The topological polar surface area (TPSA) is 44.5 Å². The molecule has 2 aliphatic heterocycles. The maximum atomic E-state index is 6.58. The minimum Gasteiger partial charge on any atom is -0.378 e. The first-order valence-electron chi connectivity index (χ1n) is 7.76. The highest BCUT2D eigenvalue weighted by molar-refractivity contribution is 4.94. The molecule has 0 bridgehead atoms. The van der Waals surface area contributed by atoms with Gasteiger partial charge in [0.1, 0.15) is 0 Å². The molecule has 3 atom stereocenters. The van der Waals surface area contributed by atoms with E-state index >= 15 is 0 Å². The van der Waals surface area contributed by atoms with E-state index in [1.165, 1.54) is 32.1 Å². The Bertz CT molecular complexity index is 270. The molecule has 0 aromatic carbocycles. The molecule has 2 N–H and O–H groups in total. The van der Waals surface area contributed by atoms with Crippen molar-refractivity contribution >= 4 is 0 Å². The molecule has 3 aliphatic rings. The number of rotatable bonds is 2. The SMILES string of the molecule is NC(C1CCCCC1)C1CCOC2(CCOC2)C1. The van der Waals surface area contributed by atoms with Gasteiger partial charge in [0.15, 0.2) is 0 Å². The second-order valence-electron chi connectivity index (χ2n) is 6.56. The van der Waals surface area contributed by atoms with Crippen LogP contribution in [0.5, 0.6) is 0 Å². The molecule has 0 amide bonds. The summed E-state index contributed by atoms with van der Waals surface area (Å²) in [6.07, 6.45) is 10.2. The van der Waals surface area contributed by atoms with Crippen molar-refractivity contribution in [2.24, 2.45) is 17.6 Å². The smallest absolute Gasteiger partial charge is 0.0939 e. The maximum Gasteiger partial charge on any atom is 0.0939 e. The van der Waals surface area contributed by atoms with Gasteiger partial charge in [-0.05, 0) is 37.5 Å². The molecule has 3 heteroatoms. The summed E-state index contributed by atoms with van der Waals surface area (Å²) >= 11 is 0. The summed E-state index contributed by atoms with van der Waals surface area (Å²) in [7, 11) is 0. The lowest BCUT2D eigenvalue weighted by Crippen LogP contribution is -2.48. The van der Waals surface area contributed by atoms with E-state index in [2.05, 4.69) is 0 Å². The molecule has 1 aliphatic carbocycles. The van der Waals surface area contributed by atoms with Crippen molar-refractivity contribution in [3.63, 3.8) is 0 Å². The molecule has 1 spiro atoms. The van der Waals surface area contributed by atoms with Crippen LogP contribution in [0.15, 0.2) is 0 Å². The van der Waals surface area contributed by atoms with Crippen molar-refractivity contribution < 1.29 is 9.47 Å². The van der Waals surface area contributed by atoms with Crippen LogP contribution >= 0.6 is 0 Å². The van der Waals surface area contributed by atoms with Gasteiger partial charge in [-0.15, -0.1) is 0 Å². The summed E-state index contributed by atoms with van der Waals surface area (Å²) in [5.74, 6) is 1.42. The monoisotopic (exact) mass is 253 g/mol. The van der Waals surface area contributed by atoms with E-state index in [0.717, 1.165) is 45.0 Å². The molecule has 0 aromatic heterocycles. The standard InChI is InChI=1S/C15H27NO2/c16-14(12-4-2-1-3-5-12)13-6-8-18-15(10-13)7-9-17-11-15/h12-14H,1-11,16H2. The number of ether oxygens (including phenoxy) is 2. The zero-order chi connectivity index (χ0) is 12.4. The first-order valence-corrected chi connectivity index (χ1v) is 7.76. The highest BCUT2D eigenvalue weighted by Crippen LogP contribution is 2.39. The Balaban J connectivity index is 1.60. The second kappa shape index (κ2) is 5.48. The highest BCUT2D eigenvalue weighted by atomic mass is 16.6. The maximum absolute atomic E-state index is 6.58.